The number of nitrogens with zero attached hydrogens (tertiary/aromatic N) is 4. The minimum atomic E-state index is -0.322. The average Bonchev–Trinajstić information content (AvgIpc) is 3.28. The number of ether oxygens (including phenoxy) is 1. The van der Waals surface area contributed by atoms with Gasteiger partial charge >= 0.3 is 6.03 Å². The molecule has 1 N–H and O–H groups in total. The molecular weight excluding hydrogens is 435 g/mol. The first-order valence-corrected chi connectivity index (χ1v) is 12.1. The molecule has 2 aliphatic heterocycles. The van der Waals surface area contributed by atoms with Crippen molar-refractivity contribution in [2.45, 2.75) is 32.4 Å². The highest BCUT2D eigenvalue weighted by Gasteiger charge is 2.28. The summed E-state index contributed by atoms with van der Waals surface area (Å²) >= 11 is 0. The number of anilines is 2. The van der Waals surface area contributed by atoms with Crippen molar-refractivity contribution in [1.29, 1.82) is 0 Å². The van der Waals surface area contributed by atoms with Crippen molar-refractivity contribution in [1.82, 2.24) is 9.80 Å². The number of aliphatic hydroxyl groups is 1. The van der Waals surface area contributed by atoms with Crippen LogP contribution in [-0.4, -0.2) is 79.9 Å². The quantitative estimate of drug-likeness (QED) is 0.671. The molecule has 2 fully saturated rings. The van der Waals surface area contributed by atoms with Crippen LogP contribution >= 0.6 is 0 Å². The standard InChI is InChI=1S/C26H35FN4O3/c1-20-4-3-9-31(20)26(33)28(2)23-7-5-21(6-8-23)19-34-25-17-22(27)16-24(18-25)30-12-10-29(11-13-30)14-15-32/h5-8,16-18,20,32H,3-4,9-15,19H2,1-2H3. The molecule has 2 saturated heterocycles. The number of carbonyl (C=O) groups excluding carboxylic acids is 1. The molecule has 0 radical (unpaired) electrons. The summed E-state index contributed by atoms with van der Waals surface area (Å²) in [6.07, 6.45) is 2.11. The third-order valence-corrected chi connectivity index (χ3v) is 6.82. The highest BCUT2D eigenvalue weighted by molar-refractivity contribution is 5.91. The molecule has 34 heavy (non-hydrogen) atoms. The van der Waals surface area contributed by atoms with E-state index in [4.69, 9.17) is 9.84 Å². The summed E-state index contributed by atoms with van der Waals surface area (Å²) in [6.45, 7) is 7.29. The number of urea groups is 1. The molecule has 7 nitrogen and oxygen atoms in total. The molecule has 0 bridgehead atoms. The fourth-order valence-electron chi connectivity index (χ4n) is 4.69. The highest BCUT2D eigenvalue weighted by atomic mass is 19.1. The Labute approximate surface area is 201 Å². The zero-order chi connectivity index (χ0) is 24.1. The predicted molar refractivity (Wildman–Crippen MR) is 132 cm³/mol. The number of carbonyl (C=O) groups is 1. The molecule has 1 unspecified atom stereocenters. The van der Waals surface area contributed by atoms with Gasteiger partial charge in [-0.3, -0.25) is 9.80 Å². The number of likely N-dealkylation sites (tertiary alicyclic amines) is 1. The van der Waals surface area contributed by atoms with Gasteiger partial charge in [-0.1, -0.05) is 12.1 Å². The summed E-state index contributed by atoms with van der Waals surface area (Å²) < 4.78 is 20.2. The van der Waals surface area contributed by atoms with Crippen LogP contribution in [0.5, 0.6) is 5.75 Å². The van der Waals surface area contributed by atoms with E-state index in [0.717, 1.165) is 62.5 Å². The Kier molecular flexibility index (Phi) is 7.90. The Morgan fingerprint density at radius 3 is 2.50 bits per heavy atom. The molecule has 4 rings (SSSR count). The van der Waals surface area contributed by atoms with Crippen LogP contribution in [0.2, 0.25) is 0 Å². The summed E-state index contributed by atoms with van der Waals surface area (Å²) in [7, 11) is 1.80. The molecule has 1 atom stereocenters. The van der Waals surface area contributed by atoms with Crippen LogP contribution in [0.4, 0.5) is 20.6 Å². The molecule has 0 saturated carbocycles. The van der Waals surface area contributed by atoms with Crippen molar-refractivity contribution >= 4 is 17.4 Å². The maximum absolute atomic E-state index is 14.3. The Bertz CT molecular complexity index is 963. The fourth-order valence-corrected chi connectivity index (χ4v) is 4.69. The molecule has 2 aromatic carbocycles. The van der Waals surface area contributed by atoms with Crippen molar-refractivity contribution < 1.29 is 19.0 Å². The number of halogens is 1. The van der Waals surface area contributed by atoms with Gasteiger partial charge in [0.2, 0.25) is 0 Å². The minimum absolute atomic E-state index is 0.0264. The first-order valence-electron chi connectivity index (χ1n) is 12.1. The van der Waals surface area contributed by atoms with Crippen LogP contribution < -0.4 is 14.5 Å². The molecule has 0 aromatic heterocycles. The molecule has 0 spiro atoms. The summed E-state index contributed by atoms with van der Waals surface area (Å²) in [4.78, 5) is 20.7. The topological polar surface area (TPSA) is 59.5 Å². The lowest BCUT2D eigenvalue weighted by atomic mass is 10.2. The Hall–Kier alpha value is -2.84. The van der Waals surface area contributed by atoms with Gasteiger partial charge in [-0.25, -0.2) is 9.18 Å². The van der Waals surface area contributed by atoms with Crippen molar-refractivity contribution in [3.05, 3.63) is 53.8 Å². The van der Waals surface area contributed by atoms with E-state index >= 15 is 0 Å². The van der Waals surface area contributed by atoms with Gasteiger partial charge in [0.25, 0.3) is 0 Å². The van der Waals surface area contributed by atoms with E-state index in [-0.39, 0.29) is 24.5 Å². The number of amides is 2. The van der Waals surface area contributed by atoms with Gasteiger partial charge in [0.05, 0.1) is 6.61 Å². The van der Waals surface area contributed by atoms with Crippen LogP contribution in [-0.2, 0) is 6.61 Å². The van der Waals surface area contributed by atoms with Gasteiger partial charge in [-0.2, -0.15) is 0 Å². The summed E-state index contributed by atoms with van der Waals surface area (Å²) in [5, 5.41) is 9.11. The second-order valence-corrected chi connectivity index (χ2v) is 9.18. The summed E-state index contributed by atoms with van der Waals surface area (Å²) in [5.74, 6) is 0.170. The number of aliphatic hydroxyl groups excluding tert-OH is 1. The zero-order valence-electron chi connectivity index (χ0n) is 20.1. The van der Waals surface area contributed by atoms with Gasteiger partial charge in [-0.05, 0) is 43.5 Å². The van der Waals surface area contributed by atoms with Gasteiger partial charge in [-0.15, -0.1) is 0 Å². The van der Waals surface area contributed by atoms with Crippen LogP contribution in [0.25, 0.3) is 0 Å². The third-order valence-electron chi connectivity index (χ3n) is 6.82. The van der Waals surface area contributed by atoms with Gasteiger partial charge in [0.15, 0.2) is 0 Å². The lowest BCUT2D eigenvalue weighted by Gasteiger charge is -2.35. The van der Waals surface area contributed by atoms with E-state index in [1.54, 1.807) is 11.9 Å². The Morgan fingerprint density at radius 2 is 1.85 bits per heavy atom. The number of piperazine rings is 1. The van der Waals surface area contributed by atoms with E-state index < -0.39 is 0 Å². The largest absolute Gasteiger partial charge is 0.489 e. The highest BCUT2D eigenvalue weighted by Crippen LogP contribution is 2.26. The van der Waals surface area contributed by atoms with Crippen LogP contribution in [0.15, 0.2) is 42.5 Å². The molecule has 2 heterocycles. The van der Waals surface area contributed by atoms with Crippen molar-refractivity contribution in [2.75, 3.05) is 62.7 Å². The molecular formula is C26H35FN4O3. The maximum atomic E-state index is 14.3. The molecule has 8 heteroatoms. The zero-order valence-corrected chi connectivity index (χ0v) is 20.1. The number of rotatable bonds is 7. The van der Waals surface area contributed by atoms with E-state index in [1.165, 1.54) is 12.1 Å². The van der Waals surface area contributed by atoms with Crippen molar-refractivity contribution in [3.63, 3.8) is 0 Å². The Balaban J connectivity index is 1.34. The molecule has 0 aliphatic carbocycles. The molecule has 2 aliphatic rings. The van der Waals surface area contributed by atoms with Crippen molar-refractivity contribution in [2.24, 2.45) is 0 Å². The first-order chi connectivity index (χ1) is 16.4. The van der Waals surface area contributed by atoms with Crippen LogP contribution in [0.3, 0.4) is 0 Å². The average molecular weight is 471 g/mol. The molecule has 184 valence electrons. The van der Waals surface area contributed by atoms with Gasteiger partial charge in [0, 0.05) is 75.9 Å². The molecule has 2 amide bonds. The van der Waals surface area contributed by atoms with Crippen LogP contribution in [0.1, 0.15) is 25.3 Å². The van der Waals surface area contributed by atoms with Gasteiger partial charge in [0.1, 0.15) is 18.2 Å². The lowest BCUT2D eigenvalue weighted by molar-refractivity contribution is 0.188. The van der Waals surface area contributed by atoms with E-state index in [0.29, 0.717) is 18.9 Å². The Morgan fingerprint density at radius 1 is 1.12 bits per heavy atom. The monoisotopic (exact) mass is 470 g/mol. The maximum Gasteiger partial charge on any atom is 0.324 e. The summed E-state index contributed by atoms with van der Waals surface area (Å²) in [5.41, 5.74) is 2.59. The number of hydrogen-bond donors (Lipinski definition) is 1. The van der Waals surface area contributed by atoms with E-state index in [2.05, 4.69) is 16.7 Å². The summed E-state index contributed by atoms with van der Waals surface area (Å²) in [6, 6.07) is 12.8. The predicted octanol–water partition coefficient (Wildman–Crippen LogP) is 3.56. The van der Waals surface area contributed by atoms with E-state index in [1.807, 2.05) is 35.2 Å². The SMILES string of the molecule is CC1CCCN1C(=O)N(C)c1ccc(COc2cc(F)cc(N3CCN(CCO)CC3)c2)cc1. The second-order valence-electron chi connectivity index (χ2n) is 9.18. The normalized spacial score (nSPS) is 18.9. The fraction of sp³-hybridized carbons (Fsp3) is 0.500. The second kappa shape index (κ2) is 11.1. The number of hydrogen-bond acceptors (Lipinski definition) is 5. The van der Waals surface area contributed by atoms with Gasteiger partial charge < -0.3 is 19.6 Å². The van der Waals surface area contributed by atoms with E-state index in [9.17, 15) is 9.18 Å². The smallest absolute Gasteiger partial charge is 0.324 e. The number of benzene rings is 2. The van der Waals surface area contributed by atoms with Crippen molar-refractivity contribution in [3.8, 4) is 5.75 Å². The minimum Gasteiger partial charge on any atom is -0.489 e. The lowest BCUT2D eigenvalue weighted by Crippen LogP contribution is -2.47. The first kappa shape index (κ1) is 24.3. The van der Waals surface area contributed by atoms with Crippen LogP contribution in [0, 0.1) is 5.82 Å². The third kappa shape index (κ3) is 5.80. The number of β-amino-alcohol motifs (C(OH)–C–C–N with tert-alkyl or cyclic N) is 1. The molecule has 2 aromatic rings.